The Morgan fingerprint density at radius 1 is 1.50 bits per heavy atom. The summed E-state index contributed by atoms with van der Waals surface area (Å²) in [5.74, 6) is -0.696. The van der Waals surface area contributed by atoms with Crippen LogP contribution in [-0.2, 0) is 4.79 Å². The van der Waals surface area contributed by atoms with Crippen LogP contribution in [0.3, 0.4) is 0 Å². The first-order valence-electron chi connectivity index (χ1n) is 5.45. The number of piperazine rings is 1. The van der Waals surface area contributed by atoms with Crippen LogP contribution < -0.4 is 5.32 Å². The average molecular weight is 198 g/mol. The van der Waals surface area contributed by atoms with Gasteiger partial charge < -0.3 is 10.4 Å². The van der Waals surface area contributed by atoms with Gasteiger partial charge in [-0.15, -0.1) is 0 Å². The summed E-state index contributed by atoms with van der Waals surface area (Å²) < 4.78 is 0. The number of nitrogens with one attached hydrogen (secondary N) is 1. The van der Waals surface area contributed by atoms with Crippen LogP contribution in [0, 0.1) is 0 Å². The van der Waals surface area contributed by atoms with Crippen LogP contribution in [0.5, 0.6) is 0 Å². The van der Waals surface area contributed by atoms with Gasteiger partial charge in [-0.25, -0.2) is 0 Å². The first-order chi connectivity index (χ1) is 6.75. The van der Waals surface area contributed by atoms with Gasteiger partial charge in [-0.05, 0) is 19.4 Å². The van der Waals surface area contributed by atoms with E-state index in [1.807, 2.05) is 0 Å². The first kappa shape index (κ1) is 9.93. The van der Waals surface area contributed by atoms with Crippen molar-refractivity contribution in [1.29, 1.82) is 0 Å². The van der Waals surface area contributed by atoms with Crippen molar-refractivity contribution in [3.05, 3.63) is 0 Å². The van der Waals surface area contributed by atoms with Gasteiger partial charge in [-0.2, -0.15) is 0 Å². The molecule has 2 N–H and O–H groups in total. The molecule has 2 aliphatic heterocycles. The molecule has 2 heterocycles. The quantitative estimate of drug-likeness (QED) is 0.669. The number of carboxylic acid groups (broad SMARTS) is 1. The largest absolute Gasteiger partial charge is 0.481 e. The molecule has 14 heavy (non-hydrogen) atoms. The number of nitrogens with zero attached hydrogens (tertiary/aromatic N) is 1. The van der Waals surface area contributed by atoms with E-state index in [0.29, 0.717) is 6.04 Å². The van der Waals surface area contributed by atoms with E-state index in [2.05, 4.69) is 10.2 Å². The molecule has 0 aliphatic carbocycles. The zero-order chi connectivity index (χ0) is 9.97. The maximum Gasteiger partial charge on any atom is 0.304 e. The lowest BCUT2D eigenvalue weighted by Gasteiger charge is -2.42. The van der Waals surface area contributed by atoms with E-state index >= 15 is 0 Å². The highest BCUT2D eigenvalue weighted by atomic mass is 16.4. The molecule has 0 bridgehead atoms. The Bertz CT molecular complexity index is 220. The fourth-order valence-corrected chi connectivity index (χ4v) is 2.53. The van der Waals surface area contributed by atoms with Crippen LogP contribution in [0.25, 0.3) is 0 Å². The van der Waals surface area contributed by atoms with Gasteiger partial charge in [-0.3, -0.25) is 9.69 Å². The number of fused-ring (bicyclic) bond motifs is 1. The Kier molecular flexibility index (Phi) is 3.03. The van der Waals surface area contributed by atoms with E-state index in [-0.39, 0.29) is 12.5 Å². The maximum absolute atomic E-state index is 10.6. The minimum atomic E-state index is -0.696. The molecule has 2 unspecified atom stereocenters. The summed E-state index contributed by atoms with van der Waals surface area (Å²) in [6.07, 6.45) is 4.12. The highest BCUT2D eigenvalue weighted by Crippen LogP contribution is 2.20. The van der Waals surface area contributed by atoms with Gasteiger partial charge in [0.05, 0.1) is 6.42 Å². The molecule has 2 fully saturated rings. The van der Waals surface area contributed by atoms with Crippen molar-refractivity contribution < 1.29 is 9.90 Å². The maximum atomic E-state index is 10.6. The van der Waals surface area contributed by atoms with Crippen LogP contribution in [0.4, 0.5) is 0 Å². The van der Waals surface area contributed by atoms with Crippen molar-refractivity contribution in [3.8, 4) is 0 Å². The lowest BCUT2D eigenvalue weighted by molar-refractivity contribution is -0.138. The molecule has 0 spiro atoms. The molecular formula is C10H18N2O2. The molecule has 0 aromatic heterocycles. The summed E-state index contributed by atoms with van der Waals surface area (Å²) in [5.41, 5.74) is 0. The molecule has 2 saturated heterocycles. The number of piperidine rings is 1. The average Bonchev–Trinajstić information content (AvgIpc) is 2.17. The van der Waals surface area contributed by atoms with E-state index in [1.54, 1.807) is 0 Å². The summed E-state index contributed by atoms with van der Waals surface area (Å²) in [4.78, 5) is 13.0. The lowest BCUT2D eigenvalue weighted by atomic mass is 9.97. The van der Waals surface area contributed by atoms with Gasteiger partial charge in [0.1, 0.15) is 0 Å². The molecule has 0 radical (unpaired) electrons. The number of aliphatic carboxylic acids is 1. The van der Waals surface area contributed by atoms with Gasteiger partial charge in [0.25, 0.3) is 0 Å². The normalized spacial score (nSPS) is 33.7. The molecular weight excluding hydrogens is 180 g/mol. The van der Waals surface area contributed by atoms with Crippen molar-refractivity contribution in [1.82, 2.24) is 10.2 Å². The third-order valence-corrected chi connectivity index (χ3v) is 3.27. The Hall–Kier alpha value is -0.610. The van der Waals surface area contributed by atoms with Gasteiger partial charge >= 0.3 is 5.97 Å². The van der Waals surface area contributed by atoms with E-state index < -0.39 is 5.97 Å². The van der Waals surface area contributed by atoms with Crippen LogP contribution >= 0.6 is 0 Å². The monoisotopic (exact) mass is 198 g/mol. The van der Waals surface area contributed by atoms with Crippen LogP contribution in [0.2, 0.25) is 0 Å². The zero-order valence-corrected chi connectivity index (χ0v) is 8.41. The predicted octanol–water partition coefficient (Wildman–Crippen LogP) is 0.287. The third kappa shape index (κ3) is 2.25. The molecule has 80 valence electrons. The van der Waals surface area contributed by atoms with Crippen LogP contribution in [0.15, 0.2) is 0 Å². The standard InChI is InChI=1S/C10H18N2O2/c13-10(14)5-8-7-12-4-2-1-3-9(12)6-11-8/h8-9,11H,1-7H2,(H,13,14). The Labute approximate surface area is 84.3 Å². The summed E-state index contributed by atoms with van der Waals surface area (Å²) in [6, 6.07) is 0.815. The molecule has 2 rings (SSSR count). The highest BCUT2D eigenvalue weighted by Gasteiger charge is 2.30. The van der Waals surface area contributed by atoms with E-state index in [1.165, 1.54) is 19.3 Å². The molecule has 0 saturated carbocycles. The van der Waals surface area contributed by atoms with Gasteiger partial charge in [0, 0.05) is 25.2 Å². The summed E-state index contributed by atoms with van der Waals surface area (Å²) in [6.45, 7) is 3.04. The first-order valence-corrected chi connectivity index (χ1v) is 5.45. The molecule has 0 amide bonds. The highest BCUT2D eigenvalue weighted by molar-refractivity contribution is 5.67. The lowest BCUT2D eigenvalue weighted by Crippen LogP contribution is -2.58. The fourth-order valence-electron chi connectivity index (χ4n) is 2.53. The van der Waals surface area contributed by atoms with Crippen molar-refractivity contribution >= 4 is 5.97 Å². The van der Waals surface area contributed by atoms with Gasteiger partial charge in [0.2, 0.25) is 0 Å². The molecule has 4 heteroatoms. The number of rotatable bonds is 2. The smallest absolute Gasteiger partial charge is 0.304 e. The topological polar surface area (TPSA) is 52.6 Å². The Balaban J connectivity index is 1.86. The number of carboxylic acids is 1. The van der Waals surface area contributed by atoms with Gasteiger partial charge in [0.15, 0.2) is 0 Å². The summed E-state index contributed by atoms with van der Waals surface area (Å²) >= 11 is 0. The Morgan fingerprint density at radius 2 is 2.36 bits per heavy atom. The second-order valence-corrected chi connectivity index (χ2v) is 4.35. The predicted molar refractivity (Wildman–Crippen MR) is 53.3 cm³/mol. The number of hydrogen-bond acceptors (Lipinski definition) is 3. The van der Waals surface area contributed by atoms with Crippen LogP contribution in [0.1, 0.15) is 25.7 Å². The third-order valence-electron chi connectivity index (χ3n) is 3.27. The second kappa shape index (κ2) is 4.28. The van der Waals surface area contributed by atoms with Gasteiger partial charge in [-0.1, -0.05) is 6.42 Å². The Morgan fingerprint density at radius 3 is 3.14 bits per heavy atom. The zero-order valence-electron chi connectivity index (χ0n) is 8.41. The SMILES string of the molecule is O=C(O)CC1CN2CCCCC2CN1. The second-order valence-electron chi connectivity index (χ2n) is 4.35. The molecule has 2 aliphatic rings. The van der Waals surface area contributed by atoms with E-state index in [9.17, 15) is 4.79 Å². The summed E-state index contributed by atoms with van der Waals surface area (Å²) in [5, 5.41) is 12.0. The molecule has 2 atom stereocenters. The van der Waals surface area contributed by atoms with E-state index in [0.717, 1.165) is 19.6 Å². The van der Waals surface area contributed by atoms with E-state index in [4.69, 9.17) is 5.11 Å². The minimum Gasteiger partial charge on any atom is -0.481 e. The molecule has 0 aromatic rings. The summed E-state index contributed by atoms with van der Waals surface area (Å²) in [7, 11) is 0. The molecule has 0 aromatic carbocycles. The number of carbonyl (C=O) groups is 1. The fraction of sp³-hybridized carbons (Fsp3) is 0.900. The number of hydrogen-bond donors (Lipinski definition) is 2. The van der Waals surface area contributed by atoms with Crippen molar-refractivity contribution in [2.24, 2.45) is 0 Å². The van der Waals surface area contributed by atoms with Crippen molar-refractivity contribution in [3.63, 3.8) is 0 Å². The van der Waals surface area contributed by atoms with Crippen molar-refractivity contribution in [2.45, 2.75) is 37.8 Å². The molecule has 4 nitrogen and oxygen atoms in total. The van der Waals surface area contributed by atoms with Crippen LogP contribution in [-0.4, -0.2) is 47.7 Å². The minimum absolute atomic E-state index is 0.154. The van der Waals surface area contributed by atoms with Crippen molar-refractivity contribution in [2.75, 3.05) is 19.6 Å².